The van der Waals surface area contributed by atoms with Crippen LogP contribution >= 0.6 is 11.3 Å². The minimum absolute atomic E-state index is 0.315. The molecule has 6 heteroatoms. The van der Waals surface area contributed by atoms with Crippen LogP contribution in [-0.4, -0.2) is 14.7 Å². The van der Waals surface area contributed by atoms with Gasteiger partial charge in [0.05, 0.1) is 0 Å². The maximum absolute atomic E-state index is 14.2. The molecule has 24 heavy (non-hydrogen) atoms. The van der Waals surface area contributed by atoms with Crippen LogP contribution in [-0.2, 0) is 9.84 Å². The van der Waals surface area contributed by atoms with Crippen molar-refractivity contribution in [1.82, 2.24) is 0 Å². The summed E-state index contributed by atoms with van der Waals surface area (Å²) in [5.41, 5.74) is 3.86. The van der Waals surface area contributed by atoms with Crippen LogP contribution in [0, 0.1) is 18.6 Å². The van der Waals surface area contributed by atoms with Crippen LogP contribution in [0.25, 0.3) is 22.3 Å². The Bertz CT molecular complexity index is 998. The molecule has 0 saturated carbocycles. The average molecular weight is 364 g/mol. The molecule has 1 aromatic heterocycles. The lowest BCUT2D eigenvalue weighted by Crippen LogP contribution is -2.04. The van der Waals surface area contributed by atoms with Crippen molar-refractivity contribution in [3.63, 3.8) is 0 Å². The summed E-state index contributed by atoms with van der Waals surface area (Å²) < 4.78 is 51.4. The number of hydrogen-bond donors (Lipinski definition) is 0. The Morgan fingerprint density at radius 3 is 2.04 bits per heavy atom. The molecule has 0 bridgehead atoms. The van der Waals surface area contributed by atoms with Gasteiger partial charge in [-0.2, -0.15) is 11.3 Å². The summed E-state index contributed by atoms with van der Waals surface area (Å²) in [5.74, 6) is -2.15. The second kappa shape index (κ2) is 6.11. The van der Waals surface area contributed by atoms with Gasteiger partial charge in [-0.25, -0.2) is 17.2 Å². The normalized spacial score (nSPS) is 11.7. The van der Waals surface area contributed by atoms with Gasteiger partial charge >= 0.3 is 0 Å². The second-order valence-electron chi connectivity index (χ2n) is 5.61. The Kier molecular flexibility index (Phi) is 4.27. The van der Waals surface area contributed by atoms with E-state index >= 15 is 0 Å². The van der Waals surface area contributed by atoms with Crippen LogP contribution in [0.1, 0.15) is 5.56 Å². The molecule has 0 radical (unpaired) electrons. The number of halogens is 2. The Balaban J connectivity index is 2.17. The Morgan fingerprint density at radius 1 is 0.917 bits per heavy atom. The topological polar surface area (TPSA) is 34.1 Å². The van der Waals surface area contributed by atoms with Crippen molar-refractivity contribution in [2.75, 3.05) is 6.26 Å². The average Bonchev–Trinajstić information content (AvgIpc) is 2.94. The van der Waals surface area contributed by atoms with E-state index in [4.69, 9.17) is 0 Å². The molecule has 0 spiro atoms. The molecule has 0 N–H and O–H groups in total. The van der Waals surface area contributed by atoms with Crippen molar-refractivity contribution in [1.29, 1.82) is 0 Å². The lowest BCUT2D eigenvalue weighted by molar-refractivity contribution is 0.522. The van der Waals surface area contributed by atoms with E-state index in [-0.39, 0.29) is 0 Å². The largest absolute Gasteiger partial charge is 0.224 e. The van der Waals surface area contributed by atoms with Crippen molar-refractivity contribution in [3.8, 4) is 22.3 Å². The van der Waals surface area contributed by atoms with Crippen LogP contribution in [0.5, 0.6) is 0 Å². The van der Waals surface area contributed by atoms with Gasteiger partial charge in [-0.3, -0.25) is 0 Å². The van der Waals surface area contributed by atoms with Gasteiger partial charge in [-0.1, -0.05) is 29.8 Å². The maximum atomic E-state index is 14.2. The molecule has 1 heterocycles. The summed E-state index contributed by atoms with van der Waals surface area (Å²) in [6.45, 7) is 1.97. The van der Waals surface area contributed by atoms with Crippen LogP contribution in [0.2, 0.25) is 0 Å². The second-order valence-corrected chi connectivity index (χ2v) is 8.31. The predicted octanol–water partition coefficient (Wildman–Crippen LogP) is 5.07. The van der Waals surface area contributed by atoms with E-state index in [1.165, 1.54) is 11.3 Å². The van der Waals surface area contributed by atoms with Gasteiger partial charge in [0.2, 0.25) is 0 Å². The highest BCUT2D eigenvalue weighted by molar-refractivity contribution is 7.90. The molecule has 2 nitrogen and oxygen atoms in total. The summed E-state index contributed by atoms with van der Waals surface area (Å²) in [4.78, 5) is -0.890. The summed E-state index contributed by atoms with van der Waals surface area (Å²) in [7, 11) is -3.97. The molecular weight excluding hydrogens is 350 g/mol. The fourth-order valence-electron chi connectivity index (χ4n) is 2.63. The molecule has 0 unspecified atom stereocenters. The number of sulfone groups is 1. The summed E-state index contributed by atoms with van der Waals surface area (Å²) in [6, 6.07) is 9.94. The first-order chi connectivity index (χ1) is 11.3. The van der Waals surface area contributed by atoms with Crippen molar-refractivity contribution in [2.45, 2.75) is 11.8 Å². The first-order valence-electron chi connectivity index (χ1n) is 7.10. The smallest absolute Gasteiger partial charge is 0.181 e. The van der Waals surface area contributed by atoms with E-state index in [0.717, 1.165) is 35.1 Å². The molecule has 3 rings (SSSR count). The van der Waals surface area contributed by atoms with E-state index in [0.29, 0.717) is 11.1 Å². The molecule has 0 saturated heterocycles. The zero-order chi connectivity index (χ0) is 17.5. The van der Waals surface area contributed by atoms with Crippen molar-refractivity contribution >= 4 is 21.2 Å². The van der Waals surface area contributed by atoms with Crippen molar-refractivity contribution in [3.05, 3.63) is 64.4 Å². The number of benzene rings is 2. The molecule has 0 fully saturated rings. The molecule has 0 amide bonds. The van der Waals surface area contributed by atoms with Gasteiger partial charge in [0.15, 0.2) is 9.84 Å². The highest BCUT2D eigenvalue weighted by atomic mass is 32.2. The van der Waals surface area contributed by atoms with Crippen molar-refractivity contribution in [2.24, 2.45) is 0 Å². The van der Waals surface area contributed by atoms with Gasteiger partial charge in [-0.15, -0.1) is 0 Å². The van der Waals surface area contributed by atoms with Gasteiger partial charge < -0.3 is 0 Å². The Hall–Kier alpha value is -2.05. The molecule has 3 aromatic rings. The zero-order valence-electron chi connectivity index (χ0n) is 13.0. The predicted molar refractivity (Wildman–Crippen MR) is 93.0 cm³/mol. The first kappa shape index (κ1) is 16.8. The molecule has 0 aliphatic rings. The first-order valence-corrected chi connectivity index (χ1v) is 9.93. The molecule has 0 atom stereocenters. The Morgan fingerprint density at radius 2 is 1.50 bits per heavy atom. The number of thiophene rings is 1. The fraction of sp³-hybridized carbons (Fsp3) is 0.111. The Labute approximate surface area is 143 Å². The van der Waals surface area contributed by atoms with Gasteiger partial charge in [-0.05, 0) is 40.9 Å². The molecule has 124 valence electrons. The highest BCUT2D eigenvalue weighted by Crippen LogP contribution is 2.37. The lowest BCUT2D eigenvalue weighted by Gasteiger charge is -2.09. The van der Waals surface area contributed by atoms with E-state index < -0.39 is 26.4 Å². The standard InChI is InChI=1S/C18H14F2O2S2/c1-11-4-3-5-12(6-11)14-9-23-10-15(14)13-7-16(19)18(17(20)8-13)24(2,21)22/h3-10H,1-2H3. The van der Waals surface area contributed by atoms with Gasteiger partial charge in [0, 0.05) is 17.4 Å². The van der Waals surface area contributed by atoms with E-state index in [1.807, 2.05) is 36.6 Å². The summed E-state index contributed by atoms with van der Waals surface area (Å²) in [6.07, 6.45) is 0.789. The third-order valence-electron chi connectivity index (χ3n) is 3.67. The quantitative estimate of drug-likeness (QED) is 0.650. The monoisotopic (exact) mass is 364 g/mol. The fourth-order valence-corrected chi connectivity index (χ4v) is 4.32. The van der Waals surface area contributed by atoms with Crippen LogP contribution in [0.3, 0.4) is 0 Å². The van der Waals surface area contributed by atoms with Crippen LogP contribution < -0.4 is 0 Å². The third-order valence-corrected chi connectivity index (χ3v) is 5.55. The maximum Gasteiger partial charge on any atom is 0.181 e. The molecule has 0 aliphatic carbocycles. The van der Waals surface area contributed by atoms with E-state index in [1.54, 1.807) is 5.38 Å². The SMILES string of the molecule is Cc1cccc(-c2cscc2-c2cc(F)c(S(C)(=O)=O)c(F)c2)c1. The zero-order valence-corrected chi connectivity index (χ0v) is 14.6. The summed E-state index contributed by atoms with van der Waals surface area (Å²) >= 11 is 1.42. The minimum Gasteiger partial charge on any atom is -0.224 e. The van der Waals surface area contributed by atoms with Crippen LogP contribution in [0.15, 0.2) is 52.1 Å². The van der Waals surface area contributed by atoms with Crippen LogP contribution in [0.4, 0.5) is 8.78 Å². The minimum atomic E-state index is -3.97. The molecular formula is C18H14F2O2S2. The number of aryl methyl sites for hydroxylation is 1. The van der Waals surface area contributed by atoms with Gasteiger partial charge in [0.25, 0.3) is 0 Å². The summed E-state index contributed by atoms with van der Waals surface area (Å²) in [5, 5.41) is 3.70. The van der Waals surface area contributed by atoms with Crippen molar-refractivity contribution < 1.29 is 17.2 Å². The molecule has 0 aliphatic heterocycles. The highest BCUT2D eigenvalue weighted by Gasteiger charge is 2.22. The van der Waals surface area contributed by atoms with E-state index in [2.05, 4.69) is 0 Å². The number of rotatable bonds is 3. The number of hydrogen-bond acceptors (Lipinski definition) is 3. The third kappa shape index (κ3) is 3.12. The van der Waals surface area contributed by atoms with Gasteiger partial charge in [0.1, 0.15) is 16.5 Å². The molecule has 2 aromatic carbocycles. The lowest BCUT2D eigenvalue weighted by atomic mass is 9.98. The van der Waals surface area contributed by atoms with E-state index in [9.17, 15) is 17.2 Å².